The van der Waals surface area contributed by atoms with E-state index in [0.29, 0.717) is 0 Å². The highest BCUT2D eigenvalue weighted by Gasteiger charge is 2.21. The Hall–Kier alpha value is -2.63. The van der Waals surface area contributed by atoms with Crippen LogP contribution in [0.15, 0.2) is 30.3 Å². The second-order valence-electron chi connectivity index (χ2n) is 4.19. The maximum atomic E-state index is 11.6. The van der Waals surface area contributed by atoms with E-state index in [1.54, 1.807) is 6.08 Å². The summed E-state index contributed by atoms with van der Waals surface area (Å²) in [5.74, 6) is -3.33. The molecule has 20 heavy (non-hydrogen) atoms. The van der Waals surface area contributed by atoms with E-state index < -0.39 is 30.3 Å². The van der Waals surface area contributed by atoms with E-state index in [2.05, 4.69) is 5.32 Å². The first kappa shape index (κ1) is 15.4. The van der Waals surface area contributed by atoms with Crippen LogP contribution in [0.5, 0.6) is 0 Å². The number of carboxylic acids is 2. The maximum Gasteiger partial charge on any atom is 0.326 e. The summed E-state index contributed by atoms with van der Waals surface area (Å²) in [5, 5.41) is 19.5. The molecule has 3 N–H and O–H groups in total. The van der Waals surface area contributed by atoms with Crippen LogP contribution < -0.4 is 5.32 Å². The Kier molecular flexibility index (Phi) is 5.46. The second kappa shape index (κ2) is 7.08. The fraction of sp³-hybridized carbons (Fsp3) is 0.214. The molecule has 0 radical (unpaired) electrons. The van der Waals surface area contributed by atoms with Gasteiger partial charge in [0.2, 0.25) is 5.91 Å². The van der Waals surface area contributed by atoms with Gasteiger partial charge in [-0.1, -0.05) is 24.3 Å². The lowest BCUT2D eigenvalue weighted by Crippen LogP contribution is -2.41. The molecule has 0 bridgehead atoms. The van der Waals surface area contributed by atoms with Gasteiger partial charge in [0.1, 0.15) is 6.04 Å². The molecule has 0 aliphatic carbocycles. The van der Waals surface area contributed by atoms with E-state index in [9.17, 15) is 14.4 Å². The van der Waals surface area contributed by atoms with Gasteiger partial charge in [0.25, 0.3) is 0 Å². The predicted molar refractivity (Wildman–Crippen MR) is 72.0 cm³/mol. The third kappa shape index (κ3) is 4.93. The Morgan fingerprint density at radius 2 is 1.90 bits per heavy atom. The Morgan fingerprint density at radius 1 is 1.25 bits per heavy atom. The van der Waals surface area contributed by atoms with Crippen LogP contribution in [0.1, 0.15) is 17.5 Å². The fourth-order valence-corrected chi connectivity index (χ4v) is 1.53. The number of aryl methyl sites for hydroxylation is 1. The van der Waals surface area contributed by atoms with Crippen molar-refractivity contribution in [3.8, 4) is 0 Å². The average Bonchev–Trinajstić information content (AvgIpc) is 2.36. The van der Waals surface area contributed by atoms with Gasteiger partial charge in [-0.3, -0.25) is 9.59 Å². The highest BCUT2D eigenvalue weighted by Crippen LogP contribution is 2.08. The normalized spacial score (nSPS) is 12.1. The molecule has 0 aliphatic rings. The van der Waals surface area contributed by atoms with Crippen LogP contribution in [-0.4, -0.2) is 34.1 Å². The third-order valence-electron chi connectivity index (χ3n) is 2.60. The Bertz CT molecular complexity index is 550. The molecular weight excluding hydrogens is 262 g/mol. The van der Waals surface area contributed by atoms with Crippen LogP contribution in [0.4, 0.5) is 0 Å². The van der Waals surface area contributed by atoms with Gasteiger partial charge >= 0.3 is 11.9 Å². The zero-order chi connectivity index (χ0) is 15.1. The van der Waals surface area contributed by atoms with Crippen LogP contribution in [0.2, 0.25) is 0 Å². The van der Waals surface area contributed by atoms with E-state index in [0.717, 1.165) is 11.1 Å². The van der Waals surface area contributed by atoms with Crippen LogP contribution in [0.25, 0.3) is 6.08 Å². The van der Waals surface area contributed by atoms with Crippen LogP contribution in [0.3, 0.4) is 0 Å². The Balaban J connectivity index is 2.69. The molecule has 0 unspecified atom stereocenters. The summed E-state index contributed by atoms with van der Waals surface area (Å²) in [6, 6.07) is 5.92. The maximum absolute atomic E-state index is 11.6. The molecule has 6 nitrogen and oxygen atoms in total. The number of carboxylic acid groups (broad SMARTS) is 2. The van der Waals surface area contributed by atoms with E-state index in [1.807, 2.05) is 31.2 Å². The predicted octanol–water partition coefficient (Wildman–Crippen LogP) is 1.05. The van der Waals surface area contributed by atoms with E-state index in [-0.39, 0.29) is 0 Å². The molecule has 1 aromatic carbocycles. The molecular formula is C14H15NO5. The first-order valence-electron chi connectivity index (χ1n) is 5.89. The molecule has 0 fully saturated rings. The lowest BCUT2D eigenvalue weighted by atomic mass is 10.1. The monoisotopic (exact) mass is 277 g/mol. The van der Waals surface area contributed by atoms with E-state index in [1.165, 1.54) is 6.08 Å². The summed E-state index contributed by atoms with van der Waals surface area (Å²) in [6.07, 6.45) is 2.06. The summed E-state index contributed by atoms with van der Waals surface area (Å²) in [4.78, 5) is 32.9. The highest BCUT2D eigenvalue weighted by atomic mass is 16.4. The topological polar surface area (TPSA) is 104 Å². The number of carbonyl (C=O) groups excluding carboxylic acids is 1. The van der Waals surface area contributed by atoms with Crippen molar-refractivity contribution in [2.75, 3.05) is 0 Å². The van der Waals surface area contributed by atoms with Crippen LogP contribution in [-0.2, 0) is 14.4 Å². The minimum atomic E-state index is -1.44. The summed E-state index contributed by atoms with van der Waals surface area (Å²) in [6.45, 7) is 1.88. The molecule has 106 valence electrons. The quantitative estimate of drug-likeness (QED) is 0.674. The van der Waals surface area contributed by atoms with Crippen molar-refractivity contribution < 1.29 is 24.6 Å². The van der Waals surface area contributed by atoms with Crippen LogP contribution in [0, 0.1) is 6.92 Å². The van der Waals surface area contributed by atoms with Gasteiger partial charge in [0, 0.05) is 6.08 Å². The molecule has 0 aromatic heterocycles. The lowest BCUT2D eigenvalue weighted by molar-refractivity contribution is -0.146. The number of aliphatic carboxylic acids is 2. The molecule has 1 rings (SSSR count). The molecule has 1 amide bonds. The van der Waals surface area contributed by atoms with Gasteiger partial charge in [-0.2, -0.15) is 0 Å². The Morgan fingerprint density at radius 3 is 2.45 bits per heavy atom. The van der Waals surface area contributed by atoms with Gasteiger partial charge in [-0.15, -0.1) is 0 Å². The molecule has 0 heterocycles. The van der Waals surface area contributed by atoms with Gasteiger partial charge in [0.05, 0.1) is 6.42 Å². The average molecular weight is 277 g/mol. The van der Waals surface area contributed by atoms with Crippen molar-refractivity contribution in [2.24, 2.45) is 0 Å². The first-order valence-corrected chi connectivity index (χ1v) is 5.89. The number of rotatable bonds is 6. The first-order chi connectivity index (χ1) is 9.40. The number of hydrogen-bond donors (Lipinski definition) is 3. The minimum absolute atomic E-state index is 0.651. The molecule has 1 atom stereocenters. The molecule has 1 aromatic rings. The summed E-state index contributed by atoms with van der Waals surface area (Å²) in [7, 11) is 0. The van der Waals surface area contributed by atoms with Crippen molar-refractivity contribution in [1.29, 1.82) is 0 Å². The van der Waals surface area contributed by atoms with Gasteiger partial charge in [-0.25, -0.2) is 4.79 Å². The number of benzene rings is 1. The van der Waals surface area contributed by atoms with Crippen molar-refractivity contribution in [2.45, 2.75) is 19.4 Å². The third-order valence-corrected chi connectivity index (χ3v) is 2.60. The van der Waals surface area contributed by atoms with Crippen molar-refractivity contribution >= 4 is 23.9 Å². The summed E-state index contributed by atoms with van der Waals surface area (Å²) < 4.78 is 0. The standard InChI is InChI=1S/C14H15NO5/c1-9-4-2-3-5-10(9)6-7-12(16)15-11(14(19)20)8-13(17)18/h2-7,11H,8H2,1H3,(H,15,16)(H,17,18)(H,19,20)/b7-6+/t11-/m1/s1. The SMILES string of the molecule is Cc1ccccc1/C=C/C(=O)N[C@H](CC(=O)O)C(=O)O. The van der Waals surface area contributed by atoms with E-state index in [4.69, 9.17) is 10.2 Å². The summed E-state index contributed by atoms with van der Waals surface area (Å²) >= 11 is 0. The number of carbonyl (C=O) groups is 3. The molecule has 0 saturated heterocycles. The fourth-order valence-electron chi connectivity index (χ4n) is 1.53. The van der Waals surface area contributed by atoms with Gasteiger partial charge < -0.3 is 15.5 Å². The number of amides is 1. The van der Waals surface area contributed by atoms with Crippen molar-refractivity contribution in [3.63, 3.8) is 0 Å². The molecule has 6 heteroatoms. The zero-order valence-corrected chi connectivity index (χ0v) is 10.9. The minimum Gasteiger partial charge on any atom is -0.481 e. The molecule has 0 aliphatic heterocycles. The van der Waals surface area contributed by atoms with Gasteiger partial charge in [0.15, 0.2) is 0 Å². The number of nitrogens with one attached hydrogen (secondary N) is 1. The molecule has 0 saturated carbocycles. The number of hydrogen-bond acceptors (Lipinski definition) is 3. The van der Waals surface area contributed by atoms with Crippen LogP contribution >= 0.6 is 0 Å². The van der Waals surface area contributed by atoms with Gasteiger partial charge in [-0.05, 0) is 24.1 Å². The molecule has 0 spiro atoms. The lowest BCUT2D eigenvalue weighted by Gasteiger charge is -2.10. The zero-order valence-electron chi connectivity index (χ0n) is 10.9. The summed E-state index contributed by atoms with van der Waals surface area (Å²) in [5.41, 5.74) is 1.80. The second-order valence-corrected chi connectivity index (χ2v) is 4.19. The highest BCUT2D eigenvalue weighted by molar-refractivity contribution is 5.95. The Labute approximate surface area is 115 Å². The smallest absolute Gasteiger partial charge is 0.326 e. The van der Waals surface area contributed by atoms with E-state index >= 15 is 0 Å². The largest absolute Gasteiger partial charge is 0.481 e. The van der Waals surface area contributed by atoms with Crippen molar-refractivity contribution in [1.82, 2.24) is 5.32 Å². The van der Waals surface area contributed by atoms with Crippen molar-refractivity contribution in [3.05, 3.63) is 41.5 Å².